The van der Waals surface area contributed by atoms with Crippen LogP contribution in [0, 0.1) is 5.82 Å². The molecule has 1 heterocycles. The van der Waals surface area contributed by atoms with Crippen LogP contribution in [0.25, 0.3) is 17.2 Å². The number of nitrogens with zero attached hydrogens (tertiary/aromatic N) is 1. The number of carboxylic acid groups (broad SMARTS) is 1. The number of halogens is 1. The number of carbonyl (C=O) groups is 3. The van der Waals surface area contributed by atoms with Crippen LogP contribution in [-0.2, 0) is 11.3 Å². The molecule has 0 unspecified atom stereocenters. The SMILES string of the molecule is COc1ccc(/C=C2\SC(=O)N(Cc3ccc(F)cc3)C2=O)cc1-c1ccc(O)c(C(=O)O)c1. The summed E-state index contributed by atoms with van der Waals surface area (Å²) in [5, 5.41) is 18.7. The molecule has 9 heteroatoms. The molecular formula is C25H18FNO6S. The smallest absolute Gasteiger partial charge is 0.339 e. The number of thioether (sulfide) groups is 1. The number of amides is 2. The number of imide groups is 1. The van der Waals surface area contributed by atoms with Crippen LogP contribution in [-0.4, -0.2) is 39.3 Å². The molecule has 1 fully saturated rings. The van der Waals surface area contributed by atoms with E-state index >= 15 is 0 Å². The van der Waals surface area contributed by atoms with Gasteiger partial charge in [0, 0.05) is 5.56 Å². The molecular weight excluding hydrogens is 461 g/mol. The number of benzene rings is 3. The highest BCUT2D eigenvalue weighted by Crippen LogP contribution is 2.37. The number of aromatic hydroxyl groups is 1. The predicted octanol–water partition coefficient (Wildman–Crippen LogP) is 5.14. The summed E-state index contributed by atoms with van der Waals surface area (Å²) in [7, 11) is 1.47. The van der Waals surface area contributed by atoms with E-state index in [0.29, 0.717) is 28.0 Å². The number of carboxylic acids is 1. The van der Waals surface area contributed by atoms with Crippen molar-refractivity contribution in [2.45, 2.75) is 6.54 Å². The zero-order valence-electron chi connectivity index (χ0n) is 17.8. The normalized spacial score (nSPS) is 14.6. The summed E-state index contributed by atoms with van der Waals surface area (Å²) in [6.07, 6.45) is 1.57. The van der Waals surface area contributed by atoms with E-state index < -0.39 is 22.9 Å². The Morgan fingerprint density at radius 1 is 1.09 bits per heavy atom. The fraction of sp³-hybridized carbons (Fsp3) is 0.0800. The summed E-state index contributed by atoms with van der Waals surface area (Å²) in [4.78, 5) is 38.0. The summed E-state index contributed by atoms with van der Waals surface area (Å²) >= 11 is 0.801. The van der Waals surface area contributed by atoms with Crippen molar-refractivity contribution >= 4 is 35.0 Å². The van der Waals surface area contributed by atoms with Crippen molar-refractivity contribution in [3.05, 3.63) is 88.1 Å². The van der Waals surface area contributed by atoms with Gasteiger partial charge in [-0.05, 0) is 70.9 Å². The van der Waals surface area contributed by atoms with E-state index in [9.17, 15) is 29.0 Å². The summed E-state index contributed by atoms with van der Waals surface area (Å²) in [6.45, 7) is 0.0294. The van der Waals surface area contributed by atoms with Gasteiger partial charge in [-0.2, -0.15) is 0 Å². The summed E-state index contributed by atoms with van der Waals surface area (Å²) in [5.41, 5.74) is 1.99. The molecule has 3 aromatic rings. The highest BCUT2D eigenvalue weighted by Gasteiger charge is 2.35. The monoisotopic (exact) mass is 479 g/mol. The molecule has 0 radical (unpaired) electrons. The topological polar surface area (TPSA) is 104 Å². The molecule has 172 valence electrons. The first-order valence-electron chi connectivity index (χ1n) is 10.0. The van der Waals surface area contributed by atoms with Gasteiger partial charge in [0.15, 0.2) is 0 Å². The Hall–Kier alpha value is -4.11. The maximum absolute atomic E-state index is 13.1. The Morgan fingerprint density at radius 3 is 2.50 bits per heavy atom. The van der Waals surface area contributed by atoms with Gasteiger partial charge in [0.25, 0.3) is 11.1 Å². The van der Waals surface area contributed by atoms with Crippen molar-refractivity contribution in [1.29, 1.82) is 0 Å². The Morgan fingerprint density at radius 2 is 1.82 bits per heavy atom. The minimum absolute atomic E-state index is 0.0294. The molecule has 2 amide bonds. The fourth-order valence-electron chi connectivity index (χ4n) is 3.48. The molecule has 34 heavy (non-hydrogen) atoms. The van der Waals surface area contributed by atoms with Crippen LogP contribution in [0.2, 0.25) is 0 Å². The Labute approximate surface area is 198 Å². The number of rotatable bonds is 6. The number of hydrogen-bond acceptors (Lipinski definition) is 6. The maximum Gasteiger partial charge on any atom is 0.339 e. The molecule has 0 aromatic heterocycles. The van der Waals surface area contributed by atoms with Crippen molar-refractivity contribution in [3.63, 3.8) is 0 Å². The number of aromatic carboxylic acids is 1. The van der Waals surface area contributed by atoms with Crippen molar-refractivity contribution in [2.24, 2.45) is 0 Å². The third kappa shape index (κ3) is 4.65. The van der Waals surface area contributed by atoms with Crippen molar-refractivity contribution in [3.8, 4) is 22.6 Å². The summed E-state index contributed by atoms with van der Waals surface area (Å²) in [6, 6.07) is 14.8. The first kappa shape index (κ1) is 23.1. The lowest BCUT2D eigenvalue weighted by Crippen LogP contribution is -2.27. The molecule has 3 aromatic carbocycles. The van der Waals surface area contributed by atoms with Crippen LogP contribution >= 0.6 is 11.8 Å². The van der Waals surface area contributed by atoms with Crippen LogP contribution in [0.15, 0.2) is 65.6 Å². The molecule has 0 bridgehead atoms. The molecule has 0 atom stereocenters. The fourth-order valence-corrected chi connectivity index (χ4v) is 4.31. The molecule has 0 saturated carbocycles. The first-order valence-corrected chi connectivity index (χ1v) is 10.8. The molecule has 4 rings (SSSR count). The largest absolute Gasteiger partial charge is 0.507 e. The van der Waals surface area contributed by atoms with E-state index in [4.69, 9.17) is 4.74 Å². The summed E-state index contributed by atoms with van der Waals surface area (Å²) < 4.78 is 18.5. The van der Waals surface area contributed by atoms with E-state index in [0.717, 1.165) is 16.7 Å². The van der Waals surface area contributed by atoms with Crippen molar-refractivity contribution < 1.29 is 33.7 Å². The van der Waals surface area contributed by atoms with Crippen LogP contribution in [0.5, 0.6) is 11.5 Å². The van der Waals surface area contributed by atoms with Gasteiger partial charge < -0.3 is 14.9 Å². The van der Waals surface area contributed by atoms with Gasteiger partial charge in [0.05, 0.1) is 18.6 Å². The second-order valence-electron chi connectivity index (χ2n) is 7.39. The number of ether oxygens (including phenoxy) is 1. The van der Waals surface area contributed by atoms with E-state index in [-0.39, 0.29) is 22.8 Å². The van der Waals surface area contributed by atoms with Crippen LogP contribution in [0.1, 0.15) is 21.5 Å². The van der Waals surface area contributed by atoms with Gasteiger partial charge in [0.2, 0.25) is 0 Å². The van der Waals surface area contributed by atoms with Gasteiger partial charge in [-0.1, -0.05) is 24.3 Å². The highest BCUT2D eigenvalue weighted by molar-refractivity contribution is 8.18. The molecule has 0 aliphatic carbocycles. The van der Waals surface area contributed by atoms with Crippen LogP contribution in [0.4, 0.5) is 9.18 Å². The van der Waals surface area contributed by atoms with Crippen LogP contribution in [0.3, 0.4) is 0 Å². The summed E-state index contributed by atoms with van der Waals surface area (Å²) in [5.74, 6) is -2.04. The maximum atomic E-state index is 13.1. The van der Waals surface area contributed by atoms with Crippen molar-refractivity contribution in [1.82, 2.24) is 4.90 Å². The third-order valence-corrected chi connectivity index (χ3v) is 6.09. The highest BCUT2D eigenvalue weighted by atomic mass is 32.2. The van der Waals surface area contributed by atoms with Gasteiger partial charge in [-0.25, -0.2) is 9.18 Å². The Bertz CT molecular complexity index is 1340. The molecule has 2 N–H and O–H groups in total. The zero-order valence-corrected chi connectivity index (χ0v) is 18.6. The molecule has 1 aliphatic heterocycles. The molecule has 1 aliphatic rings. The molecule has 1 saturated heterocycles. The lowest BCUT2D eigenvalue weighted by atomic mass is 9.99. The van der Waals surface area contributed by atoms with E-state index in [2.05, 4.69) is 0 Å². The first-order chi connectivity index (χ1) is 16.3. The minimum atomic E-state index is -1.27. The zero-order chi connectivity index (χ0) is 24.4. The Kier molecular flexibility index (Phi) is 6.38. The number of phenols is 1. The number of methoxy groups -OCH3 is 1. The second-order valence-corrected chi connectivity index (χ2v) is 8.38. The quantitative estimate of drug-likeness (QED) is 0.472. The predicted molar refractivity (Wildman–Crippen MR) is 125 cm³/mol. The lowest BCUT2D eigenvalue weighted by Gasteiger charge is -2.12. The molecule has 0 spiro atoms. The van der Waals surface area contributed by atoms with Crippen LogP contribution < -0.4 is 4.74 Å². The van der Waals surface area contributed by atoms with Gasteiger partial charge in [-0.15, -0.1) is 0 Å². The van der Waals surface area contributed by atoms with E-state index in [1.54, 1.807) is 30.3 Å². The average molecular weight is 479 g/mol. The van der Waals surface area contributed by atoms with E-state index in [1.165, 1.54) is 43.5 Å². The number of hydrogen-bond donors (Lipinski definition) is 2. The molecule has 7 nitrogen and oxygen atoms in total. The standard InChI is InChI=1S/C25H18FNO6S/c1-33-21-9-4-15(10-18(21)16-5-8-20(28)19(12-16)24(30)31)11-22-23(29)27(25(32)34-22)13-14-2-6-17(26)7-3-14/h2-12,28H,13H2,1H3,(H,30,31)/b22-11-. The average Bonchev–Trinajstić information content (AvgIpc) is 3.07. The number of carbonyl (C=O) groups excluding carboxylic acids is 2. The van der Waals surface area contributed by atoms with Crippen molar-refractivity contribution in [2.75, 3.05) is 7.11 Å². The van der Waals surface area contributed by atoms with Gasteiger partial charge in [-0.3, -0.25) is 14.5 Å². The minimum Gasteiger partial charge on any atom is -0.507 e. The van der Waals surface area contributed by atoms with E-state index in [1.807, 2.05) is 0 Å². The van der Waals surface area contributed by atoms with Gasteiger partial charge >= 0.3 is 5.97 Å². The Balaban J connectivity index is 1.65. The second kappa shape index (κ2) is 9.40. The lowest BCUT2D eigenvalue weighted by molar-refractivity contribution is -0.123. The third-order valence-electron chi connectivity index (χ3n) is 5.19. The van der Waals surface area contributed by atoms with Gasteiger partial charge in [0.1, 0.15) is 22.9 Å².